The first kappa shape index (κ1) is 16.2. The Labute approximate surface area is 110 Å². The summed E-state index contributed by atoms with van der Waals surface area (Å²) in [6, 6.07) is 0.223. The minimum atomic E-state index is -4.25. The molecule has 0 saturated heterocycles. The number of carbonyl (C=O) groups excluding carboxylic acids is 1. The Kier molecular flexibility index (Phi) is 5.61. The van der Waals surface area contributed by atoms with Crippen LogP contribution >= 0.6 is 0 Å². The average molecular weight is 283 g/mol. The van der Waals surface area contributed by atoms with Crippen LogP contribution in [0.4, 0.5) is 13.2 Å². The molecular formula is C12H20F3NO3. The topological polar surface area (TPSA) is 47.6 Å². The highest BCUT2D eigenvalue weighted by molar-refractivity contribution is 5.80. The van der Waals surface area contributed by atoms with Gasteiger partial charge in [0.25, 0.3) is 0 Å². The molecule has 0 radical (unpaired) electrons. The Morgan fingerprint density at radius 2 is 2.00 bits per heavy atom. The molecule has 0 amide bonds. The molecular weight excluding hydrogens is 263 g/mol. The number of hydrogen-bond acceptors (Lipinski definition) is 4. The fourth-order valence-electron chi connectivity index (χ4n) is 1.59. The van der Waals surface area contributed by atoms with Crippen molar-refractivity contribution in [2.45, 2.75) is 50.9 Å². The SMILES string of the molecule is CCOC(=O)C(C)(COCCC(F)(F)F)NC1CC1. The normalized spacial score (nSPS) is 19.0. The number of alkyl halides is 3. The van der Waals surface area contributed by atoms with Crippen LogP contribution in [0, 0.1) is 0 Å². The van der Waals surface area contributed by atoms with E-state index in [1.807, 2.05) is 0 Å². The second-order valence-electron chi connectivity index (χ2n) is 4.89. The third kappa shape index (κ3) is 6.24. The van der Waals surface area contributed by atoms with E-state index in [2.05, 4.69) is 5.32 Å². The predicted molar refractivity (Wildman–Crippen MR) is 62.7 cm³/mol. The molecule has 112 valence electrons. The van der Waals surface area contributed by atoms with Crippen LogP contribution in [0.15, 0.2) is 0 Å². The molecule has 0 spiro atoms. The molecule has 0 heterocycles. The lowest BCUT2D eigenvalue weighted by atomic mass is 10.0. The summed E-state index contributed by atoms with van der Waals surface area (Å²) in [4.78, 5) is 11.8. The van der Waals surface area contributed by atoms with Gasteiger partial charge in [0.2, 0.25) is 0 Å². The summed E-state index contributed by atoms with van der Waals surface area (Å²) < 4.78 is 45.9. The molecule has 1 fully saturated rings. The summed E-state index contributed by atoms with van der Waals surface area (Å²) in [5, 5.41) is 3.07. The fourth-order valence-corrected chi connectivity index (χ4v) is 1.59. The molecule has 1 unspecified atom stereocenters. The summed E-state index contributed by atoms with van der Waals surface area (Å²) >= 11 is 0. The van der Waals surface area contributed by atoms with Gasteiger partial charge in [-0.05, 0) is 26.7 Å². The maximum Gasteiger partial charge on any atom is 0.391 e. The maximum atomic E-state index is 12.0. The van der Waals surface area contributed by atoms with E-state index < -0.39 is 30.7 Å². The number of carbonyl (C=O) groups is 1. The van der Waals surface area contributed by atoms with Crippen molar-refractivity contribution >= 4 is 5.97 Å². The number of rotatable bonds is 8. The van der Waals surface area contributed by atoms with Crippen LogP contribution in [-0.2, 0) is 14.3 Å². The van der Waals surface area contributed by atoms with E-state index in [1.54, 1.807) is 13.8 Å². The molecule has 19 heavy (non-hydrogen) atoms. The third-order valence-electron chi connectivity index (χ3n) is 2.75. The number of esters is 1. The monoisotopic (exact) mass is 283 g/mol. The average Bonchev–Trinajstić information content (AvgIpc) is 3.07. The third-order valence-corrected chi connectivity index (χ3v) is 2.75. The minimum absolute atomic E-state index is 0.127. The Morgan fingerprint density at radius 3 is 2.47 bits per heavy atom. The lowest BCUT2D eigenvalue weighted by Gasteiger charge is -2.28. The highest BCUT2D eigenvalue weighted by Gasteiger charge is 2.40. The first-order chi connectivity index (χ1) is 8.77. The van der Waals surface area contributed by atoms with Crippen molar-refractivity contribution in [2.24, 2.45) is 0 Å². The van der Waals surface area contributed by atoms with Crippen LogP contribution in [0.5, 0.6) is 0 Å². The zero-order valence-electron chi connectivity index (χ0n) is 11.2. The van der Waals surface area contributed by atoms with Gasteiger partial charge >= 0.3 is 12.1 Å². The molecule has 0 aromatic heterocycles. The van der Waals surface area contributed by atoms with Crippen LogP contribution in [0.2, 0.25) is 0 Å². The largest absolute Gasteiger partial charge is 0.465 e. The highest BCUT2D eigenvalue weighted by Crippen LogP contribution is 2.24. The summed E-state index contributed by atoms with van der Waals surface area (Å²) in [6.07, 6.45) is -3.35. The van der Waals surface area contributed by atoms with Crippen LogP contribution in [0.25, 0.3) is 0 Å². The summed E-state index contributed by atoms with van der Waals surface area (Å²) in [5.41, 5.74) is -1.08. The van der Waals surface area contributed by atoms with Gasteiger partial charge in [0.1, 0.15) is 5.54 Å². The molecule has 1 rings (SSSR count). The number of halogens is 3. The molecule has 0 bridgehead atoms. The van der Waals surface area contributed by atoms with Crippen LogP contribution < -0.4 is 5.32 Å². The van der Waals surface area contributed by atoms with Crippen LogP contribution in [-0.4, -0.2) is 43.5 Å². The van der Waals surface area contributed by atoms with E-state index in [4.69, 9.17) is 9.47 Å². The zero-order chi connectivity index (χ0) is 14.5. The Morgan fingerprint density at radius 1 is 1.37 bits per heavy atom. The van der Waals surface area contributed by atoms with Crippen LogP contribution in [0.1, 0.15) is 33.1 Å². The maximum absolute atomic E-state index is 12.0. The van der Waals surface area contributed by atoms with Gasteiger partial charge in [-0.3, -0.25) is 5.32 Å². The number of nitrogens with one attached hydrogen (secondary N) is 1. The molecule has 1 saturated carbocycles. The second-order valence-corrected chi connectivity index (χ2v) is 4.89. The van der Waals surface area contributed by atoms with Crippen molar-refractivity contribution in [1.82, 2.24) is 5.32 Å². The van der Waals surface area contributed by atoms with Gasteiger partial charge in [0.05, 0.1) is 26.2 Å². The summed E-state index contributed by atoms with van der Waals surface area (Å²) in [7, 11) is 0. The second kappa shape index (κ2) is 6.56. The van der Waals surface area contributed by atoms with Crippen molar-refractivity contribution in [3.63, 3.8) is 0 Å². The minimum Gasteiger partial charge on any atom is -0.465 e. The molecule has 1 N–H and O–H groups in total. The van der Waals surface area contributed by atoms with E-state index in [9.17, 15) is 18.0 Å². The number of ether oxygens (including phenoxy) is 2. The van der Waals surface area contributed by atoms with Crippen molar-refractivity contribution in [3.8, 4) is 0 Å². The molecule has 0 aliphatic heterocycles. The smallest absolute Gasteiger partial charge is 0.391 e. The van der Waals surface area contributed by atoms with E-state index >= 15 is 0 Å². The van der Waals surface area contributed by atoms with Crippen molar-refractivity contribution in [2.75, 3.05) is 19.8 Å². The fraction of sp³-hybridized carbons (Fsp3) is 0.917. The van der Waals surface area contributed by atoms with Gasteiger partial charge in [-0.1, -0.05) is 0 Å². The van der Waals surface area contributed by atoms with Gasteiger partial charge in [-0.2, -0.15) is 13.2 Å². The molecule has 0 aromatic rings. The van der Waals surface area contributed by atoms with E-state index in [0.717, 1.165) is 12.8 Å². The van der Waals surface area contributed by atoms with Gasteiger partial charge in [0, 0.05) is 6.04 Å². The van der Waals surface area contributed by atoms with Gasteiger partial charge in [-0.25, -0.2) is 4.79 Å². The van der Waals surface area contributed by atoms with Crippen molar-refractivity contribution in [1.29, 1.82) is 0 Å². The summed E-state index contributed by atoms with van der Waals surface area (Å²) in [6.45, 7) is 2.92. The van der Waals surface area contributed by atoms with Gasteiger partial charge in [0.15, 0.2) is 0 Å². The molecule has 1 aliphatic rings. The molecule has 1 aliphatic carbocycles. The van der Waals surface area contributed by atoms with E-state index in [-0.39, 0.29) is 19.3 Å². The molecule has 7 heteroatoms. The Bertz CT molecular complexity index is 305. The van der Waals surface area contributed by atoms with E-state index in [0.29, 0.717) is 0 Å². The lowest BCUT2D eigenvalue weighted by molar-refractivity contribution is -0.157. The zero-order valence-corrected chi connectivity index (χ0v) is 11.2. The summed E-state index contributed by atoms with van der Waals surface area (Å²) in [5.74, 6) is -0.492. The quantitative estimate of drug-likeness (QED) is 0.547. The first-order valence-electron chi connectivity index (χ1n) is 6.36. The van der Waals surface area contributed by atoms with Crippen molar-refractivity contribution in [3.05, 3.63) is 0 Å². The van der Waals surface area contributed by atoms with Gasteiger partial charge in [-0.15, -0.1) is 0 Å². The molecule has 1 atom stereocenters. The Hall–Kier alpha value is -0.820. The van der Waals surface area contributed by atoms with Crippen LogP contribution in [0.3, 0.4) is 0 Å². The lowest BCUT2D eigenvalue weighted by Crippen LogP contribution is -2.55. The Balaban J connectivity index is 2.42. The van der Waals surface area contributed by atoms with E-state index in [1.165, 1.54) is 0 Å². The van der Waals surface area contributed by atoms with Crippen molar-refractivity contribution < 1.29 is 27.4 Å². The molecule has 0 aromatic carbocycles. The highest BCUT2D eigenvalue weighted by atomic mass is 19.4. The number of hydrogen-bond donors (Lipinski definition) is 1. The van der Waals surface area contributed by atoms with Gasteiger partial charge < -0.3 is 9.47 Å². The standard InChI is InChI=1S/C12H20F3NO3/c1-3-19-10(17)11(2,16-9-4-5-9)8-18-7-6-12(13,14)15/h9,16H,3-8H2,1-2H3. The molecule has 4 nitrogen and oxygen atoms in total. The predicted octanol–water partition coefficient (Wildman–Crippen LogP) is 2.03. The first-order valence-corrected chi connectivity index (χ1v) is 6.36.